The molecule has 0 bridgehead atoms. The first-order valence-electron chi connectivity index (χ1n) is 18.3. The summed E-state index contributed by atoms with van der Waals surface area (Å²) >= 11 is 0. The maximum Gasteiger partial charge on any atom is 0.575 e. The van der Waals surface area contributed by atoms with E-state index in [4.69, 9.17) is 23.7 Å². The lowest BCUT2D eigenvalue weighted by atomic mass is 9.53. The Hall–Kier alpha value is -0.400. The van der Waals surface area contributed by atoms with Crippen molar-refractivity contribution in [3.8, 4) is 0 Å². The van der Waals surface area contributed by atoms with E-state index in [2.05, 4.69) is 73.6 Å². The third-order valence-electron chi connectivity index (χ3n) is 10.1. The van der Waals surface area contributed by atoms with Gasteiger partial charge in [-0.2, -0.15) is 9.79 Å². The topological polar surface area (TPSA) is 277 Å². The lowest BCUT2D eigenvalue weighted by Gasteiger charge is -2.52. The van der Waals surface area contributed by atoms with E-state index >= 15 is 0 Å². The first-order valence-corrected chi connectivity index (χ1v) is 23.3. The number of allylic oxidation sites excluding steroid dienone is 10. The molecule has 3 aliphatic carbocycles. The quantitative estimate of drug-likeness (QED) is 0.0488. The highest BCUT2D eigenvalue weighted by Crippen LogP contribution is 2.57. The number of unbranched alkanes of at least 4 members (excludes halogenated alkanes) is 1. The van der Waals surface area contributed by atoms with Crippen molar-refractivity contribution in [3.63, 3.8) is 0 Å². The largest absolute Gasteiger partial charge is 0.870 e. The Kier molecular flexibility index (Phi) is 29.8. The van der Waals surface area contributed by atoms with E-state index in [9.17, 15) is 19.6 Å². The average molecular weight is 862 g/mol. The van der Waals surface area contributed by atoms with Crippen LogP contribution in [0.4, 0.5) is 0 Å². The van der Waals surface area contributed by atoms with Crippen molar-refractivity contribution in [3.05, 3.63) is 70.4 Å². The van der Waals surface area contributed by atoms with Crippen molar-refractivity contribution in [2.75, 3.05) is 13.2 Å². The highest BCUT2D eigenvalue weighted by atomic mass is 31.3. The van der Waals surface area contributed by atoms with Crippen molar-refractivity contribution in [2.45, 2.75) is 125 Å². The first-order chi connectivity index (χ1) is 24.4. The predicted octanol–water partition coefficient (Wildman–Crippen LogP) is 7.24. The highest BCUT2D eigenvalue weighted by Gasteiger charge is 2.46. The third-order valence-corrected chi connectivity index (χ3v) is 13.6. The Labute approximate surface area is 333 Å². The molecule has 3 aliphatic rings. The molecular weight excluding hydrogens is 792 g/mol. The molecule has 3 unspecified atom stereocenters. The number of rotatable bonds is 19. The SMILES string of the molecule is CC(C)=CCC/C=C/CC/C(C)=C/CC/C(C)=C/COP(O)O[P+]([O-])([O-])O.CC1(C)CCCC2[C@@H]3CC/C(=C/CO[P+](O)(O)OPO)C=C3CC[C@@H]21.O.O.[OH-]. The third kappa shape index (κ3) is 24.3. The fourth-order valence-corrected chi connectivity index (χ4v) is 9.44. The van der Waals surface area contributed by atoms with Crippen LogP contribution < -0.4 is 9.79 Å². The van der Waals surface area contributed by atoms with Crippen LogP contribution >= 0.6 is 34.0 Å². The summed E-state index contributed by atoms with van der Waals surface area (Å²) in [5, 5.41) is 0. The van der Waals surface area contributed by atoms with E-state index in [0.717, 1.165) is 68.3 Å². The Morgan fingerprint density at radius 3 is 2.22 bits per heavy atom. The van der Waals surface area contributed by atoms with Gasteiger partial charge in [0.1, 0.15) is 6.61 Å². The van der Waals surface area contributed by atoms with Crippen LogP contribution in [0.15, 0.2) is 70.4 Å². The molecule has 10 N–H and O–H groups in total. The van der Waals surface area contributed by atoms with Gasteiger partial charge in [-0.05, 0) is 133 Å². The number of hydrogen-bond donors (Lipinski definition) is 5. The number of phosphoric acid groups is 1. The van der Waals surface area contributed by atoms with Gasteiger partial charge in [0.05, 0.1) is 6.61 Å². The van der Waals surface area contributed by atoms with Crippen LogP contribution in [0.2, 0.25) is 0 Å². The van der Waals surface area contributed by atoms with E-state index in [1.54, 1.807) is 11.6 Å². The summed E-state index contributed by atoms with van der Waals surface area (Å²) in [7, 11) is -12.5. The summed E-state index contributed by atoms with van der Waals surface area (Å²) in [5.74, 6) is 2.44. The van der Waals surface area contributed by atoms with Crippen molar-refractivity contribution >= 4 is 34.0 Å². The average Bonchev–Trinajstić information content (AvgIpc) is 3.03. The van der Waals surface area contributed by atoms with Gasteiger partial charge >= 0.3 is 16.8 Å². The molecule has 2 saturated carbocycles. The van der Waals surface area contributed by atoms with Crippen molar-refractivity contribution < 1.29 is 68.4 Å². The molecule has 3 rings (SSSR count). The fourth-order valence-electron chi connectivity index (χ4n) is 7.44. The monoisotopic (exact) mass is 861 g/mol. The van der Waals surface area contributed by atoms with Gasteiger partial charge in [-0.25, -0.2) is 4.89 Å². The molecule has 55 heavy (non-hydrogen) atoms. The second kappa shape index (κ2) is 28.9. The molecule has 322 valence electrons. The zero-order valence-electron chi connectivity index (χ0n) is 33.4. The van der Waals surface area contributed by atoms with E-state index in [0.29, 0.717) is 5.41 Å². The molecule has 0 radical (unpaired) electrons. The zero-order chi connectivity index (χ0) is 38.8. The van der Waals surface area contributed by atoms with E-state index in [-0.39, 0.29) is 29.6 Å². The molecule has 0 aromatic rings. The van der Waals surface area contributed by atoms with Gasteiger partial charge in [-0.3, -0.25) is 0 Å². The Morgan fingerprint density at radius 1 is 0.909 bits per heavy atom. The molecule has 0 spiro atoms. The number of hydrogen-bond acceptors (Lipinski definition) is 12. The summed E-state index contributed by atoms with van der Waals surface area (Å²) in [6.07, 6.45) is 29.8. The zero-order valence-corrected chi connectivity index (χ0v) is 37.0. The van der Waals surface area contributed by atoms with Gasteiger partial charge in [-0.15, -0.1) is 13.1 Å². The Morgan fingerprint density at radius 2 is 1.56 bits per heavy atom. The van der Waals surface area contributed by atoms with E-state index in [1.165, 1.54) is 55.2 Å². The second-order valence-electron chi connectivity index (χ2n) is 14.9. The minimum atomic E-state index is -4.97. The summed E-state index contributed by atoms with van der Waals surface area (Å²) in [5.41, 5.74) is 7.07. The Bertz CT molecular complexity index is 1260. The summed E-state index contributed by atoms with van der Waals surface area (Å²) in [4.78, 5) is 65.9. The molecule has 18 heteroatoms. The van der Waals surface area contributed by atoms with Crippen LogP contribution in [-0.2, 0) is 17.7 Å². The van der Waals surface area contributed by atoms with Gasteiger partial charge in [0.2, 0.25) is 17.2 Å². The molecule has 2 fully saturated rings. The minimum absolute atomic E-state index is 0. The lowest BCUT2D eigenvalue weighted by molar-refractivity contribution is -0.353. The van der Waals surface area contributed by atoms with Crippen LogP contribution in [0.3, 0.4) is 0 Å². The van der Waals surface area contributed by atoms with Crippen LogP contribution in [0.25, 0.3) is 0 Å². The van der Waals surface area contributed by atoms with Crippen molar-refractivity contribution in [2.24, 2.45) is 23.2 Å². The predicted molar refractivity (Wildman–Crippen MR) is 220 cm³/mol. The van der Waals surface area contributed by atoms with E-state index < -0.39 is 34.0 Å². The normalized spacial score (nSPS) is 22.7. The molecule has 0 aliphatic heterocycles. The van der Waals surface area contributed by atoms with Gasteiger partial charge in [0.15, 0.2) is 0 Å². The summed E-state index contributed by atoms with van der Waals surface area (Å²) < 4.78 is 18.1. The molecule has 5 atom stereocenters. The van der Waals surface area contributed by atoms with Crippen LogP contribution in [0.1, 0.15) is 125 Å². The van der Waals surface area contributed by atoms with Crippen molar-refractivity contribution in [1.29, 1.82) is 0 Å². The number of fused-ring (bicyclic) bond motifs is 3. The van der Waals surface area contributed by atoms with Gasteiger partial charge in [0, 0.05) is 0 Å². The smallest absolute Gasteiger partial charge is 0.575 e. The summed E-state index contributed by atoms with van der Waals surface area (Å²) in [6, 6.07) is 0. The minimum Gasteiger partial charge on any atom is -0.870 e. The molecule has 0 aromatic heterocycles. The van der Waals surface area contributed by atoms with Crippen LogP contribution in [0.5, 0.6) is 0 Å². The van der Waals surface area contributed by atoms with Gasteiger partial charge < -0.3 is 40.5 Å². The molecule has 0 aromatic carbocycles. The van der Waals surface area contributed by atoms with Crippen LogP contribution in [0, 0.1) is 23.2 Å². The lowest BCUT2D eigenvalue weighted by Crippen LogP contribution is -2.42. The van der Waals surface area contributed by atoms with Crippen molar-refractivity contribution in [1.82, 2.24) is 0 Å². The molecule has 14 nitrogen and oxygen atoms in total. The maximum absolute atomic E-state index is 10.4. The summed E-state index contributed by atoms with van der Waals surface area (Å²) in [6.45, 7) is 13.3. The van der Waals surface area contributed by atoms with Crippen LogP contribution in [-0.4, -0.2) is 54.1 Å². The molecular formula is C37H69O14P4-. The highest BCUT2D eigenvalue weighted by molar-refractivity contribution is 7.60. The maximum atomic E-state index is 10.4. The second-order valence-corrected chi connectivity index (χ2v) is 19.4. The first kappa shape index (κ1) is 56.7. The Balaban J connectivity index is 0. The molecule has 0 heterocycles. The molecule has 0 saturated heterocycles. The fraction of sp³-hybridized carbons (Fsp3) is 0.676. The molecule has 0 amide bonds. The van der Waals surface area contributed by atoms with Gasteiger partial charge in [-0.1, -0.05) is 85.1 Å². The standard InChI is InChI=1S/C19H34O6P2.C18H31O5P2.3H2O/c1-17(2)11-8-6-5-7-9-12-18(3)13-10-14-19(4)15-16-24-26(20)25-27(21,22)23;1-18(2)10-3-4-16-15-7-5-13(12-14(15)6-8-17(16)18)9-11-22-25(20,21)23-24-19;;;/h5,7,11,13,15,20H,6,8-10,12,14,16H2,1-4H3,(H2,21,22,23);9,12,15-17,19-21,24H,3-8,10-11H2,1-2H3;3*1H2/q;+1;;;/p-2/b7-5+,18-13+,19-15+;13-9-;;;/t;15-,16?,17+;;;/m.1.../s1. The van der Waals surface area contributed by atoms with E-state index in [1.807, 2.05) is 13.0 Å². The van der Waals surface area contributed by atoms with Gasteiger partial charge in [0.25, 0.3) is 0 Å².